The maximum Gasteiger partial charge on any atom is 0.349 e. The molecule has 2 fully saturated rings. The SMILES string of the molecule is C[C@]12CC[C@@H]3c4ccc(OC(=O)COc5ccc(Cl)cc5Cl)cc4CC[C@H]3[C@@H]1C[C@@H](O)[C@@H]2O. The monoisotopic (exact) mass is 490 g/mol. The van der Waals surface area contributed by atoms with Crippen LogP contribution < -0.4 is 9.47 Å². The van der Waals surface area contributed by atoms with Crippen LogP contribution >= 0.6 is 23.2 Å². The first-order chi connectivity index (χ1) is 15.8. The first-order valence-electron chi connectivity index (χ1n) is 11.5. The summed E-state index contributed by atoms with van der Waals surface area (Å²) in [7, 11) is 0. The van der Waals surface area contributed by atoms with E-state index in [-0.39, 0.29) is 12.0 Å². The molecule has 33 heavy (non-hydrogen) atoms. The third-order valence-corrected chi connectivity index (χ3v) is 8.67. The number of fused-ring (bicyclic) bond motifs is 5. The zero-order valence-corrected chi connectivity index (χ0v) is 20.0. The van der Waals surface area contributed by atoms with Crippen molar-refractivity contribution in [2.24, 2.45) is 17.3 Å². The molecule has 0 unspecified atom stereocenters. The number of aliphatic hydroxyl groups excluding tert-OH is 2. The van der Waals surface area contributed by atoms with Gasteiger partial charge in [0.2, 0.25) is 0 Å². The zero-order chi connectivity index (χ0) is 23.3. The Hall–Kier alpha value is -1.79. The molecule has 0 heterocycles. The molecule has 0 amide bonds. The summed E-state index contributed by atoms with van der Waals surface area (Å²) in [4.78, 5) is 12.3. The van der Waals surface area contributed by atoms with E-state index in [1.807, 2.05) is 12.1 Å². The molecule has 5 rings (SSSR count). The second-order valence-corrected chi connectivity index (χ2v) is 10.7. The minimum atomic E-state index is -0.628. The highest BCUT2D eigenvalue weighted by atomic mass is 35.5. The lowest BCUT2D eigenvalue weighted by Gasteiger charge is -2.49. The van der Waals surface area contributed by atoms with Crippen LogP contribution in [0.5, 0.6) is 11.5 Å². The molecule has 2 saturated carbocycles. The number of esters is 1. The second-order valence-electron chi connectivity index (χ2n) is 9.91. The smallest absolute Gasteiger partial charge is 0.349 e. The average molecular weight is 491 g/mol. The Balaban J connectivity index is 1.25. The highest BCUT2D eigenvalue weighted by Crippen LogP contribution is 2.60. The predicted molar refractivity (Wildman–Crippen MR) is 126 cm³/mol. The number of carbonyl (C=O) groups excluding carboxylic acids is 1. The first-order valence-corrected chi connectivity index (χ1v) is 12.3. The van der Waals surface area contributed by atoms with Gasteiger partial charge in [-0.3, -0.25) is 0 Å². The fraction of sp³-hybridized carbons (Fsp3) is 0.500. The first kappa shape index (κ1) is 23.0. The number of aryl methyl sites for hydroxylation is 1. The molecule has 2 aromatic carbocycles. The van der Waals surface area contributed by atoms with Gasteiger partial charge in [0.15, 0.2) is 6.61 Å². The summed E-state index contributed by atoms with van der Waals surface area (Å²) in [5, 5.41) is 21.7. The van der Waals surface area contributed by atoms with Crippen LogP contribution in [-0.2, 0) is 11.2 Å². The van der Waals surface area contributed by atoms with Crippen LogP contribution in [0.1, 0.15) is 49.7 Å². The van der Waals surface area contributed by atoms with E-state index in [2.05, 4.69) is 13.0 Å². The molecule has 5 nitrogen and oxygen atoms in total. The number of hydrogen-bond acceptors (Lipinski definition) is 5. The van der Waals surface area contributed by atoms with E-state index in [4.69, 9.17) is 32.7 Å². The van der Waals surface area contributed by atoms with Gasteiger partial charge in [0, 0.05) is 5.02 Å². The van der Waals surface area contributed by atoms with Crippen molar-refractivity contribution >= 4 is 29.2 Å². The summed E-state index contributed by atoms with van der Waals surface area (Å²) >= 11 is 12.0. The minimum absolute atomic E-state index is 0.194. The molecule has 0 bridgehead atoms. The van der Waals surface area contributed by atoms with Crippen LogP contribution in [0.25, 0.3) is 0 Å². The second kappa shape index (κ2) is 8.77. The van der Waals surface area contributed by atoms with Gasteiger partial charge in [-0.05, 0) is 96.7 Å². The van der Waals surface area contributed by atoms with Crippen molar-refractivity contribution in [3.8, 4) is 11.5 Å². The Morgan fingerprint density at radius 3 is 2.76 bits per heavy atom. The van der Waals surface area contributed by atoms with Crippen LogP contribution in [0.4, 0.5) is 0 Å². The van der Waals surface area contributed by atoms with Gasteiger partial charge in [-0.15, -0.1) is 0 Å². The van der Waals surface area contributed by atoms with Crippen LogP contribution in [0.2, 0.25) is 10.0 Å². The molecule has 0 radical (unpaired) electrons. The van der Waals surface area contributed by atoms with Gasteiger partial charge in [0.05, 0.1) is 17.2 Å². The fourth-order valence-electron chi connectivity index (χ4n) is 6.50. The van der Waals surface area contributed by atoms with E-state index in [1.54, 1.807) is 18.2 Å². The molecule has 2 aromatic rings. The van der Waals surface area contributed by atoms with Crippen molar-refractivity contribution in [1.29, 1.82) is 0 Å². The lowest BCUT2D eigenvalue weighted by atomic mass is 9.55. The van der Waals surface area contributed by atoms with Gasteiger partial charge >= 0.3 is 5.97 Å². The number of hydrogen-bond donors (Lipinski definition) is 2. The largest absolute Gasteiger partial charge is 0.480 e. The minimum Gasteiger partial charge on any atom is -0.480 e. The molecule has 0 spiro atoms. The molecule has 0 aliphatic heterocycles. The molecule has 176 valence electrons. The third-order valence-electron chi connectivity index (χ3n) is 8.14. The summed E-state index contributed by atoms with van der Waals surface area (Å²) in [6, 6.07) is 10.7. The summed E-state index contributed by atoms with van der Waals surface area (Å²) in [5.74, 6) is 1.61. The normalized spacial score (nSPS) is 32.5. The molecule has 3 aliphatic carbocycles. The summed E-state index contributed by atoms with van der Waals surface area (Å²) < 4.78 is 11.0. The quantitative estimate of drug-likeness (QED) is 0.456. The number of ether oxygens (including phenoxy) is 2. The number of aliphatic hydroxyl groups is 2. The highest BCUT2D eigenvalue weighted by Gasteiger charge is 2.57. The number of rotatable bonds is 4. The van der Waals surface area contributed by atoms with Crippen LogP contribution in [0.15, 0.2) is 36.4 Å². The molecule has 0 saturated heterocycles. The van der Waals surface area contributed by atoms with Crippen LogP contribution in [0, 0.1) is 17.3 Å². The fourth-order valence-corrected chi connectivity index (χ4v) is 6.96. The van der Waals surface area contributed by atoms with Crippen molar-refractivity contribution in [3.05, 3.63) is 57.6 Å². The Morgan fingerprint density at radius 1 is 1.15 bits per heavy atom. The van der Waals surface area contributed by atoms with Crippen molar-refractivity contribution in [3.63, 3.8) is 0 Å². The Kier molecular flexibility index (Phi) is 6.11. The number of benzene rings is 2. The van der Waals surface area contributed by atoms with Gasteiger partial charge in [-0.2, -0.15) is 0 Å². The van der Waals surface area contributed by atoms with Gasteiger partial charge in [0.25, 0.3) is 0 Å². The number of halogens is 2. The third kappa shape index (κ3) is 4.14. The Labute approximate surface area is 203 Å². The maximum atomic E-state index is 12.3. The van der Waals surface area contributed by atoms with Crippen LogP contribution in [0.3, 0.4) is 0 Å². The van der Waals surface area contributed by atoms with Gasteiger partial charge in [0.1, 0.15) is 11.5 Å². The van der Waals surface area contributed by atoms with Crippen molar-refractivity contribution in [1.82, 2.24) is 0 Å². The van der Waals surface area contributed by atoms with Crippen molar-refractivity contribution in [2.75, 3.05) is 6.61 Å². The predicted octanol–water partition coefficient (Wildman–Crippen LogP) is 5.17. The summed E-state index contributed by atoms with van der Waals surface area (Å²) in [6.07, 6.45) is 3.27. The lowest BCUT2D eigenvalue weighted by Crippen LogP contribution is -2.44. The van der Waals surface area contributed by atoms with Gasteiger partial charge in [-0.1, -0.05) is 36.2 Å². The van der Waals surface area contributed by atoms with Gasteiger partial charge in [-0.25, -0.2) is 4.79 Å². The van der Waals surface area contributed by atoms with Gasteiger partial charge < -0.3 is 19.7 Å². The molecule has 3 aliphatic rings. The van der Waals surface area contributed by atoms with E-state index in [0.717, 1.165) is 25.7 Å². The molecule has 7 heteroatoms. The average Bonchev–Trinajstić information content (AvgIpc) is 3.02. The Morgan fingerprint density at radius 2 is 1.97 bits per heavy atom. The molecular formula is C26H28Cl2O5. The van der Waals surface area contributed by atoms with E-state index in [1.165, 1.54) is 11.1 Å². The van der Waals surface area contributed by atoms with Crippen molar-refractivity contribution in [2.45, 2.75) is 57.2 Å². The topological polar surface area (TPSA) is 76.0 Å². The molecular weight excluding hydrogens is 463 g/mol. The Bertz CT molecular complexity index is 1070. The maximum absolute atomic E-state index is 12.3. The number of carbonyl (C=O) groups is 1. The zero-order valence-electron chi connectivity index (χ0n) is 18.5. The van der Waals surface area contributed by atoms with E-state index in [0.29, 0.717) is 45.7 Å². The van der Waals surface area contributed by atoms with E-state index < -0.39 is 18.2 Å². The molecule has 6 atom stereocenters. The standard InChI is InChI=1S/C26H28Cl2O5/c1-26-9-8-18-17-6-4-16(33-24(30)13-32-23-7-3-15(27)11-21(23)28)10-14(17)2-5-19(18)20(26)12-22(29)25(26)31/h3-4,6-7,10-11,18-20,22,25,29,31H,2,5,8-9,12-13H2,1H3/t18-,19-,20+,22-,25+,26+/m1/s1. The van der Waals surface area contributed by atoms with Crippen molar-refractivity contribution < 1.29 is 24.5 Å². The van der Waals surface area contributed by atoms with E-state index >= 15 is 0 Å². The lowest BCUT2D eigenvalue weighted by molar-refractivity contribution is -0.136. The highest BCUT2D eigenvalue weighted by molar-refractivity contribution is 6.35. The van der Waals surface area contributed by atoms with E-state index in [9.17, 15) is 15.0 Å². The molecule has 2 N–H and O–H groups in total. The molecule has 0 aromatic heterocycles. The van der Waals surface area contributed by atoms with Crippen LogP contribution in [-0.4, -0.2) is 35.0 Å². The summed E-state index contributed by atoms with van der Waals surface area (Å²) in [5.41, 5.74) is 2.33. The summed E-state index contributed by atoms with van der Waals surface area (Å²) in [6.45, 7) is 1.89.